The van der Waals surface area contributed by atoms with Gasteiger partial charge in [0.1, 0.15) is 5.82 Å². The summed E-state index contributed by atoms with van der Waals surface area (Å²) in [5.74, 6) is -0.164. The van der Waals surface area contributed by atoms with Gasteiger partial charge < -0.3 is 5.32 Å². The summed E-state index contributed by atoms with van der Waals surface area (Å²) in [7, 11) is 0. The number of pyridine rings is 1. The second-order valence-corrected chi connectivity index (χ2v) is 5.03. The number of hydrogen-bond donors (Lipinski definition) is 1. The summed E-state index contributed by atoms with van der Waals surface area (Å²) in [5.41, 5.74) is 3.75. The molecule has 100 valence electrons. The van der Waals surface area contributed by atoms with Gasteiger partial charge in [0.05, 0.1) is 0 Å². The SMILES string of the molecule is Cc1cc(-c2ccc(F)c(CNC(C)C)c2)ccn1. The predicted octanol–water partition coefficient (Wildman–Crippen LogP) is 3.69. The first-order valence-corrected chi connectivity index (χ1v) is 6.51. The van der Waals surface area contributed by atoms with Crippen LogP contribution < -0.4 is 5.32 Å². The summed E-state index contributed by atoms with van der Waals surface area (Å²) < 4.78 is 13.8. The van der Waals surface area contributed by atoms with Gasteiger partial charge in [0.25, 0.3) is 0 Å². The zero-order valence-corrected chi connectivity index (χ0v) is 11.6. The number of hydrogen-bond acceptors (Lipinski definition) is 2. The lowest BCUT2D eigenvalue weighted by Crippen LogP contribution is -2.22. The Morgan fingerprint density at radius 3 is 2.58 bits per heavy atom. The summed E-state index contributed by atoms with van der Waals surface area (Å²) in [6, 6.07) is 9.53. The number of nitrogens with zero attached hydrogens (tertiary/aromatic N) is 1. The highest BCUT2D eigenvalue weighted by molar-refractivity contribution is 5.64. The number of nitrogens with one attached hydrogen (secondary N) is 1. The molecule has 2 rings (SSSR count). The van der Waals surface area contributed by atoms with E-state index in [4.69, 9.17) is 0 Å². The quantitative estimate of drug-likeness (QED) is 0.904. The van der Waals surface area contributed by atoms with Gasteiger partial charge in [-0.3, -0.25) is 4.98 Å². The fourth-order valence-electron chi connectivity index (χ4n) is 1.93. The number of benzene rings is 1. The molecule has 0 aliphatic heterocycles. The summed E-state index contributed by atoms with van der Waals surface area (Å²) in [4.78, 5) is 4.18. The third-order valence-corrected chi connectivity index (χ3v) is 2.98. The zero-order valence-electron chi connectivity index (χ0n) is 11.6. The molecule has 0 spiro atoms. The Bertz CT molecular complexity index is 564. The molecule has 0 amide bonds. The average molecular weight is 258 g/mol. The summed E-state index contributed by atoms with van der Waals surface area (Å²) >= 11 is 0. The van der Waals surface area contributed by atoms with E-state index in [0.717, 1.165) is 16.8 Å². The van der Waals surface area contributed by atoms with Gasteiger partial charge >= 0.3 is 0 Å². The van der Waals surface area contributed by atoms with E-state index in [-0.39, 0.29) is 5.82 Å². The van der Waals surface area contributed by atoms with Crippen molar-refractivity contribution in [2.45, 2.75) is 33.4 Å². The zero-order chi connectivity index (χ0) is 13.8. The van der Waals surface area contributed by atoms with Crippen molar-refractivity contribution in [3.05, 3.63) is 53.6 Å². The van der Waals surface area contributed by atoms with E-state index in [1.54, 1.807) is 6.20 Å². The van der Waals surface area contributed by atoms with Gasteiger partial charge in [0.15, 0.2) is 0 Å². The van der Waals surface area contributed by atoms with Crippen molar-refractivity contribution in [1.29, 1.82) is 0 Å². The Labute approximate surface area is 113 Å². The Balaban J connectivity index is 2.30. The molecule has 1 heterocycles. The van der Waals surface area contributed by atoms with Crippen LogP contribution in [0.3, 0.4) is 0 Å². The molecule has 2 nitrogen and oxygen atoms in total. The van der Waals surface area contributed by atoms with Gasteiger partial charge in [-0.15, -0.1) is 0 Å². The lowest BCUT2D eigenvalue weighted by Gasteiger charge is -2.11. The fourth-order valence-corrected chi connectivity index (χ4v) is 1.93. The third-order valence-electron chi connectivity index (χ3n) is 2.98. The van der Waals surface area contributed by atoms with Crippen LogP contribution in [0.4, 0.5) is 4.39 Å². The molecule has 2 aromatic rings. The minimum absolute atomic E-state index is 0.164. The largest absolute Gasteiger partial charge is 0.310 e. The molecule has 3 heteroatoms. The first kappa shape index (κ1) is 13.7. The van der Waals surface area contributed by atoms with E-state index < -0.39 is 0 Å². The van der Waals surface area contributed by atoms with Crippen LogP contribution in [-0.4, -0.2) is 11.0 Å². The third kappa shape index (κ3) is 3.61. The van der Waals surface area contributed by atoms with Crippen LogP contribution in [0.2, 0.25) is 0 Å². The smallest absolute Gasteiger partial charge is 0.127 e. The normalized spacial score (nSPS) is 11.0. The maximum absolute atomic E-state index is 13.8. The van der Waals surface area contributed by atoms with E-state index in [0.29, 0.717) is 18.2 Å². The first-order chi connectivity index (χ1) is 9.06. The molecule has 0 fully saturated rings. The molecule has 0 atom stereocenters. The van der Waals surface area contributed by atoms with Crippen molar-refractivity contribution >= 4 is 0 Å². The minimum Gasteiger partial charge on any atom is -0.310 e. The van der Waals surface area contributed by atoms with Gasteiger partial charge in [-0.25, -0.2) is 4.39 Å². The highest BCUT2D eigenvalue weighted by atomic mass is 19.1. The van der Waals surface area contributed by atoms with Crippen molar-refractivity contribution in [1.82, 2.24) is 10.3 Å². The van der Waals surface area contributed by atoms with Gasteiger partial charge in [0.2, 0.25) is 0 Å². The van der Waals surface area contributed by atoms with Crippen LogP contribution in [0.1, 0.15) is 25.1 Å². The topological polar surface area (TPSA) is 24.9 Å². The molecule has 0 aliphatic rings. The van der Waals surface area contributed by atoms with Crippen molar-refractivity contribution in [3.8, 4) is 11.1 Å². The molecule has 0 saturated heterocycles. The lowest BCUT2D eigenvalue weighted by atomic mass is 10.0. The maximum atomic E-state index is 13.8. The standard InChI is InChI=1S/C16H19FN2/c1-11(2)19-10-15-9-13(4-5-16(15)17)14-6-7-18-12(3)8-14/h4-9,11,19H,10H2,1-3H3. The van der Waals surface area contributed by atoms with E-state index in [9.17, 15) is 4.39 Å². The molecule has 19 heavy (non-hydrogen) atoms. The molecule has 1 aromatic carbocycles. The van der Waals surface area contributed by atoms with Gasteiger partial charge in [0, 0.05) is 30.0 Å². The lowest BCUT2D eigenvalue weighted by molar-refractivity contribution is 0.553. The molecule has 0 saturated carbocycles. The Morgan fingerprint density at radius 2 is 1.89 bits per heavy atom. The molecule has 0 unspecified atom stereocenters. The number of halogens is 1. The van der Waals surface area contributed by atoms with Crippen LogP contribution in [0.25, 0.3) is 11.1 Å². The highest BCUT2D eigenvalue weighted by Gasteiger charge is 2.06. The molecule has 1 N–H and O–H groups in total. The van der Waals surface area contributed by atoms with Crippen molar-refractivity contribution in [2.75, 3.05) is 0 Å². The Morgan fingerprint density at radius 1 is 1.16 bits per heavy atom. The van der Waals surface area contributed by atoms with Crippen molar-refractivity contribution < 1.29 is 4.39 Å². The molecular formula is C16H19FN2. The Hall–Kier alpha value is -1.74. The van der Waals surface area contributed by atoms with Crippen LogP contribution in [0, 0.1) is 12.7 Å². The summed E-state index contributed by atoms with van der Waals surface area (Å²) in [6.45, 7) is 6.59. The second-order valence-electron chi connectivity index (χ2n) is 5.03. The summed E-state index contributed by atoms with van der Waals surface area (Å²) in [6.07, 6.45) is 1.78. The van der Waals surface area contributed by atoms with Gasteiger partial charge in [-0.1, -0.05) is 19.9 Å². The number of rotatable bonds is 4. The van der Waals surface area contributed by atoms with E-state index >= 15 is 0 Å². The monoisotopic (exact) mass is 258 g/mol. The van der Waals surface area contributed by atoms with Gasteiger partial charge in [-0.2, -0.15) is 0 Å². The Kier molecular flexibility index (Phi) is 4.27. The molecule has 1 aromatic heterocycles. The van der Waals surface area contributed by atoms with Gasteiger partial charge in [-0.05, 0) is 42.3 Å². The van der Waals surface area contributed by atoms with Crippen LogP contribution >= 0.6 is 0 Å². The highest BCUT2D eigenvalue weighted by Crippen LogP contribution is 2.22. The summed E-state index contributed by atoms with van der Waals surface area (Å²) in [5, 5.41) is 3.24. The molecular weight excluding hydrogens is 239 g/mol. The first-order valence-electron chi connectivity index (χ1n) is 6.51. The predicted molar refractivity (Wildman–Crippen MR) is 76.3 cm³/mol. The molecule has 0 aliphatic carbocycles. The van der Waals surface area contributed by atoms with E-state index in [1.165, 1.54) is 6.07 Å². The van der Waals surface area contributed by atoms with E-state index in [1.807, 2.05) is 45.0 Å². The van der Waals surface area contributed by atoms with Crippen LogP contribution in [0.15, 0.2) is 36.5 Å². The van der Waals surface area contributed by atoms with E-state index in [2.05, 4.69) is 10.3 Å². The minimum atomic E-state index is -0.164. The fraction of sp³-hybridized carbons (Fsp3) is 0.312. The molecule has 0 radical (unpaired) electrons. The average Bonchev–Trinajstić information content (AvgIpc) is 2.37. The van der Waals surface area contributed by atoms with Crippen LogP contribution in [-0.2, 0) is 6.54 Å². The number of aromatic nitrogens is 1. The molecule has 0 bridgehead atoms. The maximum Gasteiger partial charge on any atom is 0.127 e. The van der Waals surface area contributed by atoms with Crippen molar-refractivity contribution in [2.24, 2.45) is 0 Å². The number of aryl methyl sites for hydroxylation is 1. The van der Waals surface area contributed by atoms with Crippen LogP contribution in [0.5, 0.6) is 0 Å². The second kappa shape index (κ2) is 5.93. The van der Waals surface area contributed by atoms with Crippen molar-refractivity contribution in [3.63, 3.8) is 0 Å².